The van der Waals surface area contributed by atoms with Crippen molar-refractivity contribution >= 4 is 34.0 Å². The van der Waals surface area contributed by atoms with E-state index in [1.165, 1.54) is 10.9 Å². The lowest BCUT2D eigenvalue weighted by molar-refractivity contribution is 0.709. The van der Waals surface area contributed by atoms with Gasteiger partial charge < -0.3 is 9.88 Å². The summed E-state index contributed by atoms with van der Waals surface area (Å²) >= 11 is 6.04. The Morgan fingerprint density at radius 3 is 2.81 bits per heavy atom. The van der Waals surface area contributed by atoms with Crippen LogP contribution in [0.4, 0.5) is 11.4 Å². The molecule has 0 unspecified atom stereocenters. The van der Waals surface area contributed by atoms with Gasteiger partial charge in [0.2, 0.25) is 0 Å². The van der Waals surface area contributed by atoms with E-state index >= 15 is 0 Å². The number of aromatic nitrogens is 4. The molecule has 0 aliphatic rings. The molecule has 0 saturated carbocycles. The fourth-order valence-corrected chi connectivity index (χ4v) is 2.37. The van der Waals surface area contributed by atoms with Crippen LogP contribution in [0.3, 0.4) is 0 Å². The molecular weight excluding hydrogens is 290 g/mol. The molecular formula is C14H14ClN5O. The van der Waals surface area contributed by atoms with E-state index in [0.717, 1.165) is 22.5 Å². The molecule has 0 radical (unpaired) electrons. The molecule has 7 heteroatoms. The zero-order chi connectivity index (χ0) is 15.1. The van der Waals surface area contributed by atoms with Gasteiger partial charge >= 0.3 is 0 Å². The molecule has 2 heterocycles. The second-order valence-corrected chi connectivity index (χ2v) is 5.23. The Balaban J connectivity index is 2.02. The Labute approximate surface area is 126 Å². The highest BCUT2D eigenvalue weighted by Crippen LogP contribution is 2.24. The van der Waals surface area contributed by atoms with Gasteiger partial charge in [-0.15, -0.1) is 0 Å². The fourth-order valence-electron chi connectivity index (χ4n) is 2.15. The van der Waals surface area contributed by atoms with E-state index in [-0.39, 0.29) is 10.6 Å². The van der Waals surface area contributed by atoms with Gasteiger partial charge in [-0.05, 0) is 25.1 Å². The third-order valence-corrected chi connectivity index (χ3v) is 3.83. The maximum absolute atomic E-state index is 11.8. The summed E-state index contributed by atoms with van der Waals surface area (Å²) < 4.78 is 3.21. The number of rotatable bonds is 2. The molecule has 3 aromatic rings. The highest BCUT2D eigenvalue weighted by Gasteiger charge is 2.09. The van der Waals surface area contributed by atoms with Crippen LogP contribution in [0.15, 0.2) is 29.2 Å². The number of nitrogens with one attached hydrogen (secondary N) is 1. The van der Waals surface area contributed by atoms with Crippen molar-refractivity contribution in [3.63, 3.8) is 0 Å². The number of anilines is 2. The molecule has 0 spiro atoms. The van der Waals surface area contributed by atoms with E-state index in [0.29, 0.717) is 5.69 Å². The molecule has 3 rings (SSSR count). The van der Waals surface area contributed by atoms with Crippen LogP contribution in [0.2, 0.25) is 5.02 Å². The van der Waals surface area contributed by atoms with E-state index in [2.05, 4.69) is 15.4 Å². The van der Waals surface area contributed by atoms with Gasteiger partial charge in [0.25, 0.3) is 5.56 Å². The number of fused-ring (bicyclic) bond motifs is 1. The van der Waals surface area contributed by atoms with E-state index in [9.17, 15) is 4.79 Å². The lowest BCUT2D eigenvalue weighted by Crippen LogP contribution is -2.20. The molecule has 0 fully saturated rings. The minimum atomic E-state index is -0.337. The van der Waals surface area contributed by atoms with Gasteiger partial charge in [0.15, 0.2) is 0 Å². The van der Waals surface area contributed by atoms with Gasteiger partial charge in [-0.25, -0.2) is 9.67 Å². The monoisotopic (exact) mass is 303 g/mol. The Kier molecular flexibility index (Phi) is 3.17. The molecule has 6 nitrogen and oxygen atoms in total. The second kappa shape index (κ2) is 4.89. The van der Waals surface area contributed by atoms with Gasteiger partial charge in [-0.1, -0.05) is 11.6 Å². The average Bonchev–Trinajstić information content (AvgIpc) is 2.74. The van der Waals surface area contributed by atoms with Crippen molar-refractivity contribution in [2.24, 2.45) is 14.1 Å². The van der Waals surface area contributed by atoms with E-state index < -0.39 is 0 Å². The summed E-state index contributed by atoms with van der Waals surface area (Å²) in [5.74, 6) is 0.940. The van der Waals surface area contributed by atoms with Gasteiger partial charge in [0.05, 0.1) is 22.9 Å². The smallest absolute Gasteiger partial charge is 0.287 e. The largest absolute Gasteiger partial charge is 0.353 e. The van der Waals surface area contributed by atoms with Crippen LogP contribution in [0.25, 0.3) is 11.0 Å². The summed E-state index contributed by atoms with van der Waals surface area (Å²) in [5.41, 5.74) is 2.87. The maximum atomic E-state index is 11.8. The van der Waals surface area contributed by atoms with Crippen molar-refractivity contribution in [1.29, 1.82) is 0 Å². The Morgan fingerprint density at radius 2 is 2.05 bits per heavy atom. The van der Waals surface area contributed by atoms with Crippen molar-refractivity contribution < 1.29 is 0 Å². The van der Waals surface area contributed by atoms with Crippen LogP contribution in [-0.4, -0.2) is 19.3 Å². The summed E-state index contributed by atoms with van der Waals surface area (Å²) in [5, 5.41) is 7.17. The van der Waals surface area contributed by atoms with E-state index in [4.69, 9.17) is 11.6 Å². The first-order valence-electron chi connectivity index (χ1n) is 6.39. The molecule has 2 aromatic heterocycles. The Bertz CT molecular complexity index is 896. The number of benzene rings is 1. The van der Waals surface area contributed by atoms with Crippen molar-refractivity contribution in [2.45, 2.75) is 6.92 Å². The van der Waals surface area contributed by atoms with E-state index in [1.54, 1.807) is 7.05 Å². The lowest BCUT2D eigenvalue weighted by Gasteiger charge is -2.08. The van der Waals surface area contributed by atoms with Crippen LogP contribution >= 0.6 is 11.6 Å². The second-order valence-electron chi connectivity index (χ2n) is 4.85. The molecule has 1 N–H and O–H groups in total. The first-order chi connectivity index (χ1) is 9.97. The minimum absolute atomic E-state index is 0.116. The predicted octanol–water partition coefficient (Wildman–Crippen LogP) is 2.37. The number of hydrogen-bond donors (Lipinski definition) is 1. The van der Waals surface area contributed by atoms with Crippen molar-refractivity contribution in [3.05, 3.63) is 45.6 Å². The van der Waals surface area contributed by atoms with Crippen LogP contribution in [0, 0.1) is 6.92 Å². The topological polar surface area (TPSA) is 64.7 Å². The molecule has 0 atom stereocenters. The van der Waals surface area contributed by atoms with Crippen molar-refractivity contribution in [1.82, 2.24) is 19.3 Å². The van der Waals surface area contributed by atoms with Crippen LogP contribution < -0.4 is 10.9 Å². The molecule has 1 aromatic carbocycles. The average molecular weight is 304 g/mol. The highest BCUT2D eigenvalue weighted by atomic mass is 35.5. The molecule has 0 amide bonds. The maximum Gasteiger partial charge on any atom is 0.287 e. The summed E-state index contributed by atoms with van der Waals surface area (Å²) in [6.07, 6.45) is 1.53. The highest BCUT2D eigenvalue weighted by molar-refractivity contribution is 6.33. The molecule has 21 heavy (non-hydrogen) atoms. The zero-order valence-corrected chi connectivity index (χ0v) is 12.6. The van der Waals surface area contributed by atoms with E-state index in [1.807, 2.05) is 36.7 Å². The van der Waals surface area contributed by atoms with Gasteiger partial charge in [0, 0.05) is 19.8 Å². The number of aryl methyl sites for hydroxylation is 3. The zero-order valence-electron chi connectivity index (χ0n) is 11.9. The predicted molar refractivity (Wildman–Crippen MR) is 83.2 cm³/mol. The van der Waals surface area contributed by atoms with Crippen LogP contribution in [-0.2, 0) is 14.1 Å². The number of nitrogens with zero attached hydrogens (tertiary/aromatic N) is 4. The van der Waals surface area contributed by atoms with Crippen LogP contribution in [0.5, 0.6) is 0 Å². The van der Waals surface area contributed by atoms with Gasteiger partial charge in [0.1, 0.15) is 10.8 Å². The van der Waals surface area contributed by atoms with Crippen molar-refractivity contribution in [2.75, 3.05) is 5.32 Å². The molecule has 0 aliphatic carbocycles. The molecule has 0 aliphatic heterocycles. The Morgan fingerprint density at radius 1 is 1.29 bits per heavy atom. The molecule has 0 saturated heterocycles. The van der Waals surface area contributed by atoms with Gasteiger partial charge in [-0.3, -0.25) is 4.79 Å². The quantitative estimate of drug-likeness (QED) is 0.789. The lowest BCUT2D eigenvalue weighted by atomic mass is 10.2. The number of hydrogen-bond acceptors (Lipinski definition) is 4. The first-order valence-corrected chi connectivity index (χ1v) is 6.77. The molecule has 108 valence electrons. The summed E-state index contributed by atoms with van der Waals surface area (Å²) in [4.78, 5) is 16.2. The summed E-state index contributed by atoms with van der Waals surface area (Å²) in [6, 6.07) is 5.80. The number of imidazole rings is 1. The SMILES string of the molecule is Cc1nc2cc(Nc3cnn(C)c(=O)c3Cl)ccc2n1C. The van der Waals surface area contributed by atoms with Crippen molar-refractivity contribution in [3.8, 4) is 0 Å². The standard InChI is InChI=1S/C14H14ClN5O/c1-8-17-10-6-9(4-5-12(10)19(8)2)18-11-7-16-20(3)14(21)13(11)15/h4-7,18H,1-3H3. The summed E-state index contributed by atoms with van der Waals surface area (Å²) in [7, 11) is 3.53. The summed E-state index contributed by atoms with van der Waals surface area (Å²) in [6.45, 7) is 1.95. The third-order valence-electron chi connectivity index (χ3n) is 3.46. The normalized spacial score (nSPS) is 11.0. The van der Waals surface area contributed by atoms with Crippen LogP contribution in [0.1, 0.15) is 5.82 Å². The first kappa shape index (κ1) is 13.6. The fraction of sp³-hybridized carbons (Fsp3) is 0.214. The van der Waals surface area contributed by atoms with Gasteiger partial charge in [-0.2, -0.15) is 5.10 Å². The third kappa shape index (κ3) is 2.27. The number of halogens is 1. The minimum Gasteiger partial charge on any atom is -0.353 e. The Hall–Kier alpha value is -2.34. The molecule has 0 bridgehead atoms.